The third-order valence-corrected chi connectivity index (χ3v) is 2.93. The highest BCUT2D eigenvalue weighted by Crippen LogP contribution is 2.17. The summed E-state index contributed by atoms with van der Waals surface area (Å²) in [6.07, 6.45) is 5.55. The number of carbonyl (C=O) groups is 1. The van der Waals surface area contributed by atoms with E-state index in [9.17, 15) is 4.79 Å². The van der Waals surface area contributed by atoms with Crippen molar-refractivity contribution in [1.29, 1.82) is 0 Å². The third-order valence-electron chi connectivity index (χ3n) is 2.93. The zero-order valence-corrected chi connectivity index (χ0v) is 9.05. The summed E-state index contributed by atoms with van der Waals surface area (Å²) >= 11 is 0. The molecule has 1 aliphatic carbocycles. The van der Waals surface area contributed by atoms with Gasteiger partial charge in [0.2, 0.25) is 0 Å². The van der Waals surface area contributed by atoms with Gasteiger partial charge in [-0.3, -0.25) is 9.89 Å². The molecule has 0 atom stereocenters. The van der Waals surface area contributed by atoms with Gasteiger partial charge in [-0.15, -0.1) is 0 Å². The SMILES string of the molecule is CCc1cc(C(=O)NC2CCCC2)n[nH]1. The Balaban J connectivity index is 1.94. The van der Waals surface area contributed by atoms with E-state index in [2.05, 4.69) is 15.5 Å². The van der Waals surface area contributed by atoms with E-state index >= 15 is 0 Å². The van der Waals surface area contributed by atoms with E-state index in [1.165, 1.54) is 12.8 Å². The van der Waals surface area contributed by atoms with Gasteiger partial charge in [0, 0.05) is 11.7 Å². The quantitative estimate of drug-likeness (QED) is 0.791. The number of hydrogen-bond acceptors (Lipinski definition) is 2. The molecule has 82 valence electrons. The molecule has 0 aromatic carbocycles. The zero-order valence-electron chi connectivity index (χ0n) is 9.05. The van der Waals surface area contributed by atoms with E-state index in [-0.39, 0.29) is 5.91 Å². The van der Waals surface area contributed by atoms with Crippen molar-refractivity contribution in [3.8, 4) is 0 Å². The van der Waals surface area contributed by atoms with Crippen LogP contribution in [0.15, 0.2) is 6.07 Å². The first-order chi connectivity index (χ1) is 7.29. The molecule has 1 fully saturated rings. The average Bonchev–Trinajstić information content (AvgIpc) is 2.86. The van der Waals surface area contributed by atoms with Crippen molar-refractivity contribution in [2.24, 2.45) is 0 Å². The van der Waals surface area contributed by atoms with Crippen molar-refractivity contribution in [2.75, 3.05) is 0 Å². The second-order valence-corrected chi connectivity index (χ2v) is 4.09. The summed E-state index contributed by atoms with van der Waals surface area (Å²) in [5.74, 6) is -0.0437. The lowest BCUT2D eigenvalue weighted by molar-refractivity contribution is 0.0933. The standard InChI is InChI=1S/C11H17N3O/c1-2-8-7-10(14-13-8)11(15)12-9-5-3-4-6-9/h7,9H,2-6H2,1H3,(H,12,15)(H,13,14). The van der Waals surface area contributed by atoms with E-state index in [0.717, 1.165) is 25.0 Å². The highest BCUT2D eigenvalue weighted by Gasteiger charge is 2.19. The summed E-state index contributed by atoms with van der Waals surface area (Å²) in [7, 11) is 0. The van der Waals surface area contributed by atoms with Gasteiger partial charge in [0.15, 0.2) is 0 Å². The molecule has 0 bridgehead atoms. The largest absolute Gasteiger partial charge is 0.348 e. The Morgan fingerprint density at radius 2 is 2.33 bits per heavy atom. The topological polar surface area (TPSA) is 57.8 Å². The molecular formula is C11H17N3O. The Hall–Kier alpha value is -1.32. The highest BCUT2D eigenvalue weighted by molar-refractivity contribution is 5.92. The number of H-pyrrole nitrogens is 1. The van der Waals surface area contributed by atoms with Crippen LogP contribution in [-0.2, 0) is 6.42 Å². The van der Waals surface area contributed by atoms with Gasteiger partial charge in [0.25, 0.3) is 5.91 Å². The van der Waals surface area contributed by atoms with Crippen LogP contribution < -0.4 is 5.32 Å². The van der Waals surface area contributed by atoms with Gasteiger partial charge in [0.1, 0.15) is 5.69 Å². The van der Waals surface area contributed by atoms with Crippen molar-refractivity contribution in [2.45, 2.75) is 45.1 Å². The summed E-state index contributed by atoms with van der Waals surface area (Å²) in [6.45, 7) is 2.03. The minimum atomic E-state index is -0.0437. The molecule has 1 saturated carbocycles. The molecule has 2 rings (SSSR count). The lowest BCUT2D eigenvalue weighted by Gasteiger charge is -2.09. The Kier molecular flexibility index (Phi) is 3.04. The normalized spacial score (nSPS) is 16.9. The van der Waals surface area contributed by atoms with E-state index < -0.39 is 0 Å². The van der Waals surface area contributed by atoms with Crippen LogP contribution in [-0.4, -0.2) is 22.1 Å². The molecule has 1 aliphatic rings. The maximum Gasteiger partial charge on any atom is 0.271 e. The van der Waals surface area contributed by atoms with Crippen LogP contribution in [0, 0.1) is 0 Å². The van der Waals surface area contributed by atoms with Gasteiger partial charge in [-0.1, -0.05) is 19.8 Å². The van der Waals surface area contributed by atoms with E-state index in [0.29, 0.717) is 11.7 Å². The third kappa shape index (κ3) is 2.37. The smallest absolute Gasteiger partial charge is 0.271 e. The van der Waals surface area contributed by atoms with Crippen LogP contribution in [0.4, 0.5) is 0 Å². The van der Waals surface area contributed by atoms with Crippen LogP contribution in [0.25, 0.3) is 0 Å². The number of nitrogens with zero attached hydrogens (tertiary/aromatic N) is 1. The van der Waals surface area contributed by atoms with E-state index in [1.807, 2.05) is 13.0 Å². The van der Waals surface area contributed by atoms with Crippen LogP contribution in [0.5, 0.6) is 0 Å². The summed E-state index contributed by atoms with van der Waals surface area (Å²) in [5.41, 5.74) is 1.52. The monoisotopic (exact) mass is 207 g/mol. The van der Waals surface area contributed by atoms with Gasteiger partial charge < -0.3 is 5.32 Å². The number of amides is 1. The van der Waals surface area contributed by atoms with Gasteiger partial charge in [0.05, 0.1) is 0 Å². The molecule has 2 N–H and O–H groups in total. The predicted molar refractivity (Wildman–Crippen MR) is 57.7 cm³/mol. The van der Waals surface area contributed by atoms with Crippen molar-refractivity contribution in [3.05, 3.63) is 17.5 Å². The van der Waals surface area contributed by atoms with Crippen molar-refractivity contribution in [3.63, 3.8) is 0 Å². The number of aromatic amines is 1. The fourth-order valence-electron chi connectivity index (χ4n) is 1.99. The minimum Gasteiger partial charge on any atom is -0.348 e. The number of aromatic nitrogens is 2. The van der Waals surface area contributed by atoms with Crippen LogP contribution in [0.2, 0.25) is 0 Å². The Bertz CT molecular complexity index is 339. The van der Waals surface area contributed by atoms with E-state index in [4.69, 9.17) is 0 Å². The summed E-state index contributed by atoms with van der Waals surface area (Å²) in [6, 6.07) is 2.18. The fraction of sp³-hybridized carbons (Fsp3) is 0.636. The van der Waals surface area contributed by atoms with Crippen molar-refractivity contribution >= 4 is 5.91 Å². The van der Waals surface area contributed by atoms with Gasteiger partial charge >= 0.3 is 0 Å². The van der Waals surface area contributed by atoms with Crippen LogP contribution in [0.3, 0.4) is 0 Å². The predicted octanol–water partition coefficient (Wildman–Crippen LogP) is 1.64. The molecule has 15 heavy (non-hydrogen) atoms. The first-order valence-electron chi connectivity index (χ1n) is 5.64. The molecule has 4 heteroatoms. The molecule has 0 aliphatic heterocycles. The van der Waals surface area contributed by atoms with E-state index in [1.54, 1.807) is 0 Å². The second kappa shape index (κ2) is 4.47. The van der Waals surface area contributed by atoms with Gasteiger partial charge in [-0.25, -0.2) is 0 Å². The summed E-state index contributed by atoms with van der Waals surface area (Å²) < 4.78 is 0. The number of carbonyl (C=O) groups excluding carboxylic acids is 1. The molecule has 0 saturated heterocycles. The number of rotatable bonds is 3. The summed E-state index contributed by atoms with van der Waals surface area (Å²) in [4.78, 5) is 11.7. The maximum atomic E-state index is 11.7. The number of hydrogen-bond donors (Lipinski definition) is 2. The highest BCUT2D eigenvalue weighted by atomic mass is 16.2. The van der Waals surface area contributed by atoms with Gasteiger partial charge in [-0.2, -0.15) is 5.10 Å². The molecule has 1 amide bonds. The first kappa shape index (κ1) is 10.2. The first-order valence-corrected chi connectivity index (χ1v) is 5.64. The molecular weight excluding hydrogens is 190 g/mol. The molecule has 1 aromatic heterocycles. The van der Waals surface area contributed by atoms with Crippen molar-refractivity contribution in [1.82, 2.24) is 15.5 Å². The molecule has 1 heterocycles. The Morgan fingerprint density at radius 1 is 1.60 bits per heavy atom. The van der Waals surface area contributed by atoms with Gasteiger partial charge in [-0.05, 0) is 25.3 Å². The Morgan fingerprint density at radius 3 is 2.93 bits per heavy atom. The van der Waals surface area contributed by atoms with Crippen molar-refractivity contribution < 1.29 is 4.79 Å². The molecule has 0 radical (unpaired) electrons. The fourth-order valence-corrected chi connectivity index (χ4v) is 1.99. The zero-order chi connectivity index (χ0) is 10.7. The molecule has 0 spiro atoms. The lowest BCUT2D eigenvalue weighted by Crippen LogP contribution is -2.32. The number of aryl methyl sites for hydroxylation is 1. The molecule has 4 nitrogen and oxygen atoms in total. The second-order valence-electron chi connectivity index (χ2n) is 4.09. The summed E-state index contributed by atoms with van der Waals surface area (Å²) in [5, 5.41) is 9.85. The Labute approximate surface area is 89.5 Å². The molecule has 0 unspecified atom stereocenters. The van der Waals surface area contributed by atoms with Crippen LogP contribution >= 0.6 is 0 Å². The van der Waals surface area contributed by atoms with Crippen LogP contribution in [0.1, 0.15) is 48.8 Å². The average molecular weight is 207 g/mol. The lowest BCUT2D eigenvalue weighted by atomic mass is 10.2. The maximum absolute atomic E-state index is 11.7. The number of nitrogens with one attached hydrogen (secondary N) is 2. The minimum absolute atomic E-state index is 0.0437. The molecule has 1 aromatic rings.